The van der Waals surface area contributed by atoms with E-state index in [1.807, 2.05) is 18.8 Å². The van der Waals surface area contributed by atoms with E-state index in [4.69, 9.17) is 0 Å². The highest BCUT2D eigenvalue weighted by Gasteiger charge is 2.23. The van der Waals surface area contributed by atoms with Gasteiger partial charge in [-0.15, -0.1) is 16.4 Å². The third kappa shape index (κ3) is 2.29. The summed E-state index contributed by atoms with van der Waals surface area (Å²) < 4.78 is 2.61. The Hall–Kier alpha value is -0.720. The Morgan fingerprint density at radius 2 is 2.35 bits per heavy atom. The number of aryl methyl sites for hydroxylation is 2. The SMILES string of the molecule is CCc1ccsc1C(NC)c1c(Br)nnn1C. The van der Waals surface area contributed by atoms with Gasteiger partial charge in [-0.25, -0.2) is 4.68 Å². The van der Waals surface area contributed by atoms with E-state index in [-0.39, 0.29) is 6.04 Å². The first kappa shape index (κ1) is 12.7. The summed E-state index contributed by atoms with van der Waals surface area (Å²) >= 11 is 5.23. The molecule has 0 amide bonds. The van der Waals surface area contributed by atoms with Crippen LogP contribution in [-0.2, 0) is 13.5 Å². The zero-order chi connectivity index (χ0) is 12.4. The smallest absolute Gasteiger partial charge is 0.153 e. The second-order valence-corrected chi connectivity index (χ2v) is 5.47. The summed E-state index contributed by atoms with van der Waals surface area (Å²) in [6, 6.07) is 2.32. The van der Waals surface area contributed by atoms with Crippen LogP contribution in [0, 0.1) is 0 Å². The first-order valence-corrected chi connectivity index (χ1v) is 7.14. The largest absolute Gasteiger partial charge is 0.307 e. The van der Waals surface area contributed by atoms with Crippen LogP contribution >= 0.6 is 27.3 Å². The Morgan fingerprint density at radius 1 is 1.59 bits per heavy atom. The molecule has 2 aromatic rings. The standard InChI is InChI=1S/C11H15BrN4S/c1-4-7-5-6-17-10(7)8(13-2)9-11(12)14-15-16(9)3/h5-6,8,13H,4H2,1-3H3. The van der Waals surface area contributed by atoms with Crippen molar-refractivity contribution in [3.05, 3.63) is 32.2 Å². The molecule has 1 N–H and O–H groups in total. The normalized spacial score (nSPS) is 12.9. The average Bonchev–Trinajstić information content (AvgIpc) is 2.91. The molecule has 0 radical (unpaired) electrons. The van der Waals surface area contributed by atoms with Gasteiger partial charge in [0.2, 0.25) is 0 Å². The van der Waals surface area contributed by atoms with Crippen LogP contribution in [0.5, 0.6) is 0 Å². The number of aromatic nitrogens is 3. The van der Waals surface area contributed by atoms with Crippen LogP contribution in [0.2, 0.25) is 0 Å². The van der Waals surface area contributed by atoms with E-state index in [1.54, 1.807) is 11.3 Å². The van der Waals surface area contributed by atoms with Gasteiger partial charge in [0.15, 0.2) is 4.60 Å². The highest BCUT2D eigenvalue weighted by atomic mass is 79.9. The van der Waals surface area contributed by atoms with Crippen LogP contribution in [0.3, 0.4) is 0 Å². The molecule has 92 valence electrons. The predicted octanol–water partition coefficient (Wildman–Crippen LogP) is 2.51. The lowest BCUT2D eigenvalue weighted by atomic mass is 10.1. The maximum Gasteiger partial charge on any atom is 0.153 e. The van der Waals surface area contributed by atoms with Gasteiger partial charge in [-0.3, -0.25) is 0 Å². The molecule has 6 heteroatoms. The Labute approximate surface area is 113 Å². The Morgan fingerprint density at radius 3 is 2.88 bits per heavy atom. The fourth-order valence-electron chi connectivity index (χ4n) is 1.93. The molecule has 1 atom stereocenters. The lowest BCUT2D eigenvalue weighted by molar-refractivity contribution is 0.600. The van der Waals surface area contributed by atoms with Crippen molar-refractivity contribution in [1.82, 2.24) is 20.3 Å². The number of nitrogens with zero attached hydrogens (tertiary/aromatic N) is 3. The lowest BCUT2D eigenvalue weighted by Crippen LogP contribution is -2.21. The van der Waals surface area contributed by atoms with Crippen molar-refractivity contribution in [3.8, 4) is 0 Å². The summed E-state index contributed by atoms with van der Waals surface area (Å²) in [6.45, 7) is 2.18. The summed E-state index contributed by atoms with van der Waals surface area (Å²) in [5, 5.41) is 13.6. The molecule has 0 aliphatic carbocycles. The van der Waals surface area contributed by atoms with Crippen LogP contribution in [0.1, 0.15) is 29.1 Å². The minimum absolute atomic E-state index is 0.138. The zero-order valence-corrected chi connectivity index (χ0v) is 12.5. The van der Waals surface area contributed by atoms with E-state index >= 15 is 0 Å². The molecule has 0 aliphatic rings. The molecule has 4 nitrogen and oxygen atoms in total. The lowest BCUT2D eigenvalue weighted by Gasteiger charge is -2.16. The highest BCUT2D eigenvalue weighted by Crippen LogP contribution is 2.32. The summed E-state index contributed by atoms with van der Waals surface area (Å²) in [5.41, 5.74) is 2.44. The molecule has 0 spiro atoms. The van der Waals surface area contributed by atoms with Crippen molar-refractivity contribution in [1.29, 1.82) is 0 Å². The summed E-state index contributed by atoms with van der Waals surface area (Å²) in [6.07, 6.45) is 1.04. The third-order valence-electron chi connectivity index (χ3n) is 2.81. The third-order valence-corrected chi connectivity index (χ3v) is 4.40. The second kappa shape index (κ2) is 5.29. The molecule has 0 saturated carbocycles. The quantitative estimate of drug-likeness (QED) is 0.943. The van der Waals surface area contributed by atoms with Gasteiger partial charge in [0, 0.05) is 11.9 Å². The molecule has 0 fully saturated rings. The van der Waals surface area contributed by atoms with Gasteiger partial charge in [0.05, 0.1) is 11.7 Å². The van der Waals surface area contributed by atoms with Crippen LogP contribution in [0.25, 0.3) is 0 Å². The molecular formula is C11H15BrN4S. The van der Waals surface area contributed by atoms with Crippen LogP contribution in [-0.4, -0.2) is 22.0 Å². The summed E-state index contributed by atoms with van der Waals surface area (Å²) in [5.74, 6) is 0. The molecular weight excluding hydrogens is 300 g/mol. The van der Waals surface area contributed by atoms with Crippen LogP contribution in [0.4, 0.5) is 0 Å². The molecule has 2 aromatic heterocycles. The van der Waals surface area contributed by atoms with Crippen molar-refractivity contribution < 1.29 is 0 Å². The van der Waals surface area contributed by atoms with Crippen molar-refractivity contribution in [2.75, 3.05) is 7.05 Å². The molecule has 2 rings (SSSR count). The highest BCUT2D eigenvalue weighted by molar-refractivity contribution is 9.10. The van der Waals surface area contributed by atoms with Gasteiger partial charge < -0.3 is 5.32 Å². The van der Waals surface area contributed by atoms with Crippen molar-refractivity contribution in [2.45, 2.75) is 19.4 Å². The number of rotatable bonds is 4. The Balaban J connectivity index is 2.47. The van der Waals surface area contributed by atoms with Gasteiger partial charge in [-0.05, 0) is 46.4 Å². The van der Waals surface area contributed by atoms with E-state index in [0.717, 1.165) is 16.7 Å². The molecule has 0 bridgehead atoms. The maximum atomic E-state index is 4.04. The molecule has 0 aromatic carbocycles. The van der Waals surface area contributed by atoms with E-state index in [1.165, 1.54) is 10.4 Å². The monoisotopic (exact) mass is 314 g/mol. The van der Waals surface area contributed by atoms with E-state index in [9.17, 15) is 0 Å². The molecule has 2 heterocycles. The maximum absolute atomic E-state index is 4.04. The minimum atomic E-state index is 0.138. The molecule has 17 heavy (non-hydrogen) atoms. The number of hydrogen-bond acceptors (Lipinski definition) is 4. The number of halogens is 1. The van der Waals surface area contributed by atoms with Gasteiger partial charge in [-0.1, -0.05) is 12.1 Å². The van der Waals surface area contributed by atoms with Crippen molar-refractivity contribution in [2.24, 2.45) is 7.05 Å². The van der Waals surface area contributed by atoms with E-state index < -0.39 is 0 Å². The molecule has 0 aliphatic heterocycles. The Bertz CT molecular complexity index is 486. The fraction of sp³-hybridized carbons (Fsp3) is 0.455. The second-order valence-electron chi connectivity index (χ2n) is 3.77. The van der Waals surface area contributed by atoms with E-state index in [2.05, 4.69) is 49.9 Å². The topological polar surface area (TPSA) is 42.7 Å². The van der Waals surface area contributed by atoms with Gasteiger partial charge in [-0.2, -0.15) is 0 Å². The molecule has 0 saturated heterocycles. The van der Waals surface area contributed by atoms with Gasteiger partial charge in [0.1, 0.15) is 0 Å². The predicted molar refractivity (Wildman–Crippen MR) is 73.3 cm³/mol. The minimum Gasteiger partial charge on any atom is -0.307 e. The average molecular weight is 315 g/mol. The van der Waals surface area contributed by atoms with Crippen molar-refractivity contribution in [3.63, 3.8) is 0 Å². The number of thiophene rings is 1. The fourth-order valence-corrected chi connectivity index (χ4v) is 3.59. The van der Waals surface area contributed by atoms with E-state index in [0.29, 0.717) is 0 Å². The first-order valence-electron chi connectivity index (χ1n) is 5.47. The molecule has 1 unspecified atom stereocenters. The van der Waals surface area contributed by atoms with Crippen LogP contribution < -0.4 is 5.32 Å². The van der Waals surface area contributed by atoms with Gasteiger partial charge >= 0.3 is 0 Å². The number of nitrogens with one attached hydrogen (secondary N) is 1. The summed E-state index contributed by atoms with van der Waals surface area (Å²) in [7, 11) is 3.87. The summed E-state index contributed by atoms with van der Waals surface area (Å²) in [4.78, 5) is 1.33. The van der Waals surface area contributed by atoms with Crippen molar-refractivity contribution >= 4 is 27.3 Å². The Kier molecular flexibility index (Phi) is 3.96. The first-order chi connectivity index (χ1) is 8.19. The van der Waals surface area contributed by atoms with Gasteiger partial charge in [0.25, 0.3) is 0 Å². The van der Waals surface area contributed by atoms with Crippen LogP contribution in [0.15, 0.2) is 16.0 Å². The number of hydrogen-bond donors (Lipinski definition) is 1. The zero-order valence-electron chi connectivity index (χ0n) is 10.1.